The lowest BCUT2D eigenvalue weighted by atomic mass is 10.0. The first kappa shape index (κ1) is 41.6. The van der Waals surface area contributed by atoms with E-state index in [0.29, 0.717) is 58.1 Å². The second-order valence-electron chi connectivity index (χ2n) is 16.5. The van der Waals surface area contributed by atoms with Gasteiger partial charge in [-0.3, -0.25) is 0 Å². The number of carbonyl (C=O) groups excluding carboxylic acids is 1. The maximum absolute atomic E-state index is 14.4. The van der Waals surface area contributed by atoms with Gasteiger partial charge in [0.05, 0.1) is 7.11 Å². The number of nitrogens with zero attached hydrogens (tertiary/aromatic N) is 4. The number of benzene rings is 4. The number of methoxy groups -OCH3 is 1. The third-order valence-electron chi connectivity index (χ3n) is 11.1. The Labute approximate surface area is 357 Å². The number of esters is 1. The monoisotopic (exact) mass is 832 g/mol. The number of rotatable bonds is 7. The number of ether oxygens (including phenoxy) is 2. The quantitative estimate of drug-likeness (QED) is 0.147. The van der Waals surface area contributed by atoms with Crippen LogP contribution in [-0.2, 0) is 17.8 Å². The third kappa shape index (κ3) is 7.70. The number of aryl methyl sites for hydroxylation is 2. The summed E-state index contributed by atoms with van der Waals surface area (Å²) in [6.45, 7) is 13.7. The highest BCUT2D eigenvalue weighted by Gasteiger charge is 2.30. The lowest BCUT2D eigenvalue weighted by molar-refractivity contribution is 0.00596. The molecule has 0 aliphatic carbocycles. The summed E-state index contributed by atoms with van der Waals surface area (Å²) in [6, 6.07) is 29.6. The van der Waals surface area contributed by atoms with Crippen molar-refractivity contribution in [2.24, 2.45) is 0 Å². The Morgan fingerprint density at radius 1 is 0.710 bits per heavy atom. The molecule has 9 aromatic rings. The van der Waals surface area contributed by atoms with Gasteiger partial charge in [-0.1, -0.05) is 47.5 Å². The molecule has 4 aromatic carbocycles. The highest BCUT2D eigenvalue weighted by molar-refractivity contribution is 6.18. The molecular formula is C51H46F2N4O5. The molecule has 0 fully saturated rings. The van der Waals surface area contributed by atoms with E-state index >= 15 is 0 Å². The van der Waals surface area contributed by atoms with Gasteiger partial charge in [-0.2, -0.15) is 0 Å². The lowest BCUT2D eigenvalue weighted by Crippen LogP contribution is -2.26. The van der Waals surface area contributed by atoms with Gasteiger partial charge in [0.1, 0.15) is 28.4 Å². The fourth-order valence-corrected chi connectivity index (χ4v) is 8.09. The van der Waals surface area contributed by atoms with Crippen molar-refractivity contribution < 1.29 is 27.5 Å². The minimum absolute atomic E-state index is 0.254. The molecule has 9 rings (SSSR count). The van der Waals surface area contributed by atoms with Gasteiger partial charge < -0.3 is 23.0 Å². The zero-order valence-electron chi connectivity index (χ0n) is 35.9. The molecule has 0 N–H and O–H groups in total. The summed E-state index contributed by atoms with van der Waals surface area (Å²) in [5.41, 5.74) is 8.05. The van der Waals surface area contributed by atoms with Gasteiger partial charge in [0.25, 0.3) is 0 Å². The molecule has 0 spiro atoms. The van der Waals surface area contributed by atoms with Gasteiger partial charge in [0, 0.05) is 69.2 Å². The van der Waals surface area contributed by atoms with Crippen LogP contribution in [0.1, 0.15) is 64.6 Å². The van der Waals surface area contributed by atoms with Crippen LogP contribution < -0.4 is 10.4 Å². The zero-order valence-corrected chi connectivity index (χ0v) is 35.9. The number of pyridine rings is 2. The van der Waals surface area contributed by atoms with E-state index in [0.717, 1.165) is 54.8 Å². The smallest absolute Gasteiger partial charge is 0.362 e. The molecule has 0 aliphatic heterocycles. The SMILES string of the molecule is COc1ncccc1-c1c(C(=O)OC(C)(C)C)n(Cc2cccc(F)c2C)c2ccc(C)cc12.Cc1ccc2c(c1)c1c3cccnc3oc(=O)c1n2Cc1cccc(F)c1C. The van der Waals surface area contributed by atoms with E-state index < -0.39 is 17.2 Å². The third-order valence-corrected chi connectivity index (χ3v) is 11.1. The van der Waals surface area contributed by atoms with Crippen LogP contribution in [-0.4, -0.2) is 37.8 Å². The summed E-state index contributed by atoms with van der Waals surface area (Å²) in [6.07, 6.45) is 3.26. The maximum atomic E-state index is 14.4. The van der Waals surface area contributed by atoms with Crippen LogP contribution in [0.25, 0.3) is 54.9 Å². The van der Waals surface area contributed by atoms with Crippen LogP contribution in [0.15, 0.2) is 119 Å². The molecular weight excluding hydrogens is 787 g/mol. The number of halogens is 2. The predicted octanol–water partition coefficient (Wildman–Crippen LogP) is 11.6. The summed E-state index contributed by atoms with van der Waals surface area (Å²) < 4.78 is 49.2. The van der Waals surface area contributed by atoms with Gasteiger partial charge in [-0.15, -0.1) is 0 Å². The average molecular weight is 833 g/mol. The van der Waals surface area contributed by atoms with E-state index in [-0.39, 0.29) is 11.6 Å². The van der Waals surface area contributed by atoms with Crippen LogP contribution >= 0.6 is 0 Å². The fourth-order valence-electron chi connectivity index (χ4n) is 8.09. The molecule has 11 heteroatoms. The summed E-state index contributed by atoms with van der Waals surface area (Å²) in [5, 5.41) is 3.46. The van der Waals surface area contributed by atoms with E-state index in [1.165, 1.54) is 12.1 Å². The number of aromatic nitrogens is 4. The van der Waals surface area contributed by atoms with Gasteiger partial charge in [0.2, 0.25) is 11.6 Å². The summed E-state index contributed by atoms with van der Waals surface area (Å²) in [7, 11) is 1.56. The van der Waals surface area contributed by atoms with Crippen molar-refractivity contribution in [1.29, 1.82) is 0 Å². The van der Waals surface area contributed by atoms with Crippen molar-refractivity contribution in [3.8, 4) is 17.0 Å². The van der Waals surface area contributed by atoms with Crippen LogP contribution in [0.2, 0.25) is 0 Å². The highest BCUT2D eigenvalue weighted by Crippen LogP contribution is 2.41. The maximum Gasteiger partial charge on any atom is 0.362 e. The van der Waals surface area contributed by atoms with E-state index in [4.69, 9.17) is 13.9 Å². The number of hydrogen-bond donors (Lipinski definition) is 0. The Kier molecular flexibility index (Phi) is 11.0. The summed E-state index contributed by atoms with van der Waals surface area (Å²) in [5.74, 6) is -0.584. The Morgan fingerprint density at radius 3 is 1.92 bits per heavy atom. The second-order valence-corrected chi connectivity index (χ2v) is 16.5. The molecule has 0 saturated carbocycles. The Balaban J connectivity index is 0.000000173. The molecule has 0 aliphatic rings. The van der Waals surface area contributed by atoms with E-state index in [1.807, 2.05) is 110 Å². The Morgan fingerprint density at radius 2 is 1.29 bits per heavy atom. The molecule has 9 nitrogen and oxygen atoms in total. The summed E-state index contributed by atoms with van der Waals surface area (Å²) in [4.78, 5) is 35.2. The molecule has 62 heavy (non-hydrogen) atoms. The van der Waals surface area contributed by atoms with Crippen LogP contribution in [0, 0.1) is 39.3 Å². The highest BCUT2D eigenvalue weighted by atomic mass is 19.1. The first-order chi connectivity index (χ1) is 29.6. The average Bonchev–Trinajstić information content (AvgIpc) is 3.73. The normalized spacial score (nSPS) is 11.6. The Bertz CT molecular complexity index is 3270. The Hall–Kier alpha value is -7.14. The summed E-state index contributed by atoms with van der Waals surface area (Å²) >= 11 is 0. The van der Waals surface area contributed by atoms with Gasteiger partial charge in [0.15, 0.2) is 0 Å². The van der Waals surface area contributed by atoms with Gasteiger partial charge in [-0.05, 0) is 131 Å². The van der Waals surface area contributed by atoms with Crippen LogP contribution in [0.4, 0.5) is 8.78 Å². The largest absolute Gasteiger partial charge is 0.481 e. The van der Waals surface area contributed by atoms with E-state index in [1.54, 1.807) is 45.5 Å². The van der Waals surface area contributed by atoms with Crippen LogP contribution in [0.3, 0.4) is 0 Å². The molecule has 0 bridgehead atoms. The fraction of sp³-hybridized carbons (Fsp3) is 0.216. The van der Waals surface area contributed by atoms with Gasteiger partial charge >= 0.3 is 11.6 Å². The zero-order chi connectivity index (χ0) is 44.0. The molecule has 0 saturated heterocycles. The minimum Gasteiger partial charge on any atom is -0.481 e. The standard InChI is InChI=1S/C28H29FN2O3.C23H17FN2O2/c1-17-12-13-23-21(15-17)24(20-10-8-14-30-26(20)33-6)25(27(32)34-28(3,4)5)31(23)16-19-9-7-11-22(29)18(19)2;1-13-8-9-19-17(11-13)20-16-6-4-10-25-22(16)28-23(27)21(20)26(19)12-15-5-3-7-18(24)14(15)2/h7-15H,16H2,1-6H3;3-11H,12H2,1-2H3. The molecule has 5 heterocycles. The molecule has 0 amide bonds. The number of hydrogen-bond acceptors (Lipinski definition) is 7. The van der Waals surface area contributed by atoms with Crippen molar-refractivity contribution in [2.45, 2.75) is 67.2 Å². The van der Waals surface area contributed by atoms with Crippen molar-refractivity contribution in [3.63, 3.8) is 0 Å². The molecule has 0 radical (unpaired) electrons. The first-order valence-electron chi connectivity index (χ1n) is 20.3. The molecule has 0 unspecified atom stereocenters. The molecule has 5 aromatic heterocycles. The van der Waals surface area contributed by atoms with Crippen molar-refractivity contribution in [2.75, 3.05) is 7.11 Å². The minimum atomic E-state index is -0.695. The number of fused-ring (bicyclic) bond motifs is 6. The molecule has 0 atom stereocenters. The van der Waals surface area contributed by atoms with E-state index in [9.17, 15) is 18.4 Å². The van der Waals surface area contributed by atoms with Crippen molar-refractivity contribution in [1.82, 2.24) is 19.1 Å². The predicted molar refractivity (Wildman–Crippen MR) is 240 cm³/mol. The van der Waals surface area contributed by atoms with Crippen molar-refractivity contribution in [3.05, 3.63) is 171 Å². The second kappa shape index (κ2) is 16.4. The topological polar surface area (TPSA) is 101 Å². The van der Waals surface area contributed by atoms with Crippen molar-refractivity contribution >= 4 is 49.8 Å². The van der Waals surface area contributed by atoms with Crippen LogP contribution in [0.5, 0.6) is 5.88 Å². The molecule has 314 valence electrons. The number of carbonyl (C=O) groups is 1. The van der Waals surface area contributed by atoms with Gasteiger partial charge in [-0.25, -0.2) is 28.3 Å². The lowest BCUT2D eigenvalue weighted by Gasteiger charge is -2.21. The van der Waals surface area contributed by atoms with E-state index in [2.05, 4.69) is 16.0 Å². The first-order valence-corrected chi connectivity index (χ1v) is 20.3.